The van der Waals surface area contributed by atoms with Gasteiger partial charge in [-0.1, -0.05) is 25.1 Å². The minimum Gasteiger partial charge on any atom is -0.481 e. The predicted molar refractivity (Wildman–Crippen MR) is 63.9 cm³/mol. The van der Waals surface area contributed by atoms with Crippen LogP contribution >= 0.6 is 0 Å². The first-order valence-corrected chi connectivity index (χ1v) is 5.68. The van der Waals surface area contributed by atoms with Gasteiger partial charge in [-0.2, -0.15) is 0 Å². The number of hydrogen-bond acceptors (Lipinski definition) is 2. The van der Waals surface area contributed by atoms with Crippen LogP contribution in [0.15, 0.2) is 24.3 Å². The van der Waals surface area contributed by atoms with Gasteiger partial charge < -0.3 is 10.0 Å². The van der Waals surface area contributed by atoms with Gasteiger partial charge in [0.1, 0.15) is 6.42 Å². The topological polar surface area (TPSA) is 57.6 Å². The number of anilines is 1. The van der Waals surface area contributed by atoms with Crippen LogP contribution in [-0.2, 0) is 16.0 Å². The van der Waals surface area contributed by atoms with Crippen molar-refractivity contribution in [2.24, 2.45) is 5.92 Å². The van der Waals surface area contributed by atoms with E-state index in [0.29, 0.717) is 12.5 Å². The van der Waals surface area contributed by atoms with Crippen LogP contribution < -0.4 is 4.90 Å². The molecule has 1 aliphatic heterocycles. The summed E-state index contributed by atoms with van der Waals surface area (Å²) in [5.41, 5.74) is 1.97. The second-order valence-electron chi connectivity index (χ2n) is 4.51. The Balaban J connectivity index is 2.29. The Labute approximate surface area is 99.9 Å². The van der Waals surface area contributed by atoms with Crippen molar-refractivity contribution in [1.29, 1.82) is 0 Å². The van der Waals surface area contributed by atoms with E-state index in [9.17, 15) is 9.59 Å². The Morgan fingerprint density at radius 1 is 1.41 bits per heavy atom. The van der Waals surface area contributed by atoms with Crippen LogP contribution in [0, 0.1) is 5.92 Å². The summed E-state index contributed by atoms with van der Waals surface area (Å²) >= 11 is 0. The van der Waals surface area contributed by atoms with Crippen LogP contribution in [0.5, 0.6) is 0 Å². The van der Waals surface area contributed by atoms with E-state index in [1.54, 1.807) is 4.90 Å². The maximum Gasteiger partial charge on any atom is 0.312 e. The number of rotatable bonds is 2. The monoisotopic (exact) mass is 233 g/mol. The maximum atomic E-state index is 11.9. The molecule has 0 saturated heterocycles. The van der Waals surface area contributed by atoms with Crippen LogP contribution in [0.25, 0.3) is 0 Å². The molecule has 90 valence electrons. The smallest absolute Gasteiger partial charge is 0.312 e. The molecule has 0 saturated carbocycles. The predicted octanol–water partition coefficient (Wildman–Crippen LogP) is 1.69. The molecular weight excluding hydrogens is 218 g/mol. The highest BCUT2D eigenvalue weighted by atomic mass is 16.4. The zero-order valence-corrected chi connectivity index (χ0v) is 9.72. The number of fused-ring (bicyclic) bond motifs is 1. The van der Waals surface area contributed by atoms with Crippen molar-refractivity contribution in [3.05, 3.63) is 29.8 Å². The molecule has 1 aromatic carbocycles. The average Bonchev–Trinajstić information content (AvgIpc) is 2.26. The molecule has 4 heteroatoms. The summed E-state index contributed by atoms with van der Waals surface area (Å²) in [4.78, 5) is 24.1. The molecule has 17 heavy (non-hydrogen) atoms. The third-order valence-corrected chi connectivity index (χ3v) is 2.95. The molecule has 1 amide bonds. The van der Waals surface area contributed by atoms with E-state index in [0.717, 1.165) is 17.7 Å². The molecule has 1 atom stereocenters. The van der Waals surface area contributed by atoms with Gasteiger partial charge in [-0.25, -0.2) is 0 Å². The van der Waals surface area contributed by atoms with Crippen molar-refractivity contribution < 1.29 is 14.7 Å². The molecule has 2 rings (SSSR count). The fraction of sp³-hybridized carbons (Fsp3) is 0.385. The third kappa shape index (κ3) is 2.46. The summed E-state index contributed by atoms with van der Waals surface area (Å²) in [6.45, 7) is 2.67. The number of aliphatic carboxylic acids is 1. The molecule has 0 aromatic heterocycles. The maximum absolute atomic E-state index is 11.9. The van der Waals surface area contributed by atoms with Crippen LogP contribution in [0.4, 0.5) is 5.69 Å². The first kappa shape index (κ1) is 11.6. The van der Waals surface area contributed by atoms with Gasteiger partial charge in [-0.05, 0) is 24.0 Å². The van der Waals surface area contributed by atoms with Gasteiger partial charge in [0.05, 0.1) is 0 Å². The fourth-order valence-corrected chi connectivity index (χ4v) is 2.26. The van der Waals surface area contributed by atoms with E-state index in [4.69, 9.17) is 5.11 Å². The highest BCUT2D eigenvalue weighted by molar-refractivity contribution is 6.03. The second-order valence-corrected chi connectivity index (χ2v) is 4.51. The number of carboxylic acid groups (broad SMARTS) is 1. The SMILES string of the molecule is CC1Cc2ccccc2N(C(=O)CC(=O)O)C1. The summed E-state index contributed by atoms with van der Waals surface area (Å²) in [7, 11) is 0. The number of hydrogen-bond donors (Lipinski definition) is 1. The number of carboxylic acids is 1. The molecule has 0 radical (unpaired) electrons. The van der Waals surface area contributed by atoms with E-state index in [1.165, 1.54) is 0 Å². The zero-order chi connectivity index (χ0) is 12.4. The van der Waals surface area contributed by atoms with E-state index in [2.05, 4.69) is 6.92 Å². The number of carbonyl (C=O) groups is 2. The lowest BCUT2D eigenvalue weighted by Gasteiger charge is -2.32. The molecule has 1 N–H and O–H groups in total. The highest BCUT2D eigenvalue weighted by Crippen LogP contribution is 2.29. The average molecular weight is 233 g/mol. The van der Waals surface area contributed by atoms with E-state index >= 15 is 0 Å². The van der Waals surface area contributed by atoms with Gasteiger partial charge in [0.25, 0.3) is 0 Å². The highest BCUT2D eigenvalue weighted by Gasteiger charge is 2.26. The molecule has 1 heterocycles. The largest absolute Gasteiger partial charge is 0.481 e. The summed E-state index contributed by atoms with van der Waals surface area (Å²) in [5, 5.41) is 8.68. The number of nitrogens with zero attached hydrogens (tertiary/aromatic N) is 1. The second kappa shape index (κ2) is 4.57. The zero-order valence-electron chi connectivity index (χ0n) is 9.72. The summed E-state index contributed by atoms with van der Waals surface area (Å²) in [5.74, 6) is -1.05. The summed E-state index contributed by atoms with van der Waals surface area (Å²) < 4.78 is 0. The Bertz CT molecular complexity index is 456. The van der Waals surface area contributed by atoms with Gasteiger partial charge >= 0.3 is 5.97 Å². The Morgan fingerprint density at radius 3 is 2.82 bits per heavy atom. The minimum atomic E-state index is -1.08. The quantitative estimate of drug-likeness (QED) is 0.791. The number of amides is 1. The molecule has 4 nitrogen and oxygen atoms in total. The molecule has 1 unspecified atom stereocenters. The van der Waals surface area contributed by atoms with Crippen molar-refractivity contribution in [3.63, 3.8) is 0 Å². The molecule has 0 spiro atoms. The van der Waals surface area contributed by atoms with Crippen LogP contribution in [0.1, 0.15) is 18.9 Å². The molecule has 0 aliphatic carbocycles. The molecule has 1 aliphatic rings. The van der Waals surface area contributed by atoms with Crippen LogP contribution in [0.3, 0.4) is 0 Å². The minimum absolute atomic E-state index is 0.337. The number of para-hydroxylation sites is 1. The number of carbonyl (C=O) groups excluding carboxylic acids is 1. The summed E-state index contributed by atoms with van der Waals surface area (Å²) in [6.07, 6.45) is 0.494. The lowest BCUT2D eigenvalue weighted by molar-refractivity contribution is -0.140. The number of benzene rings is 1. The molecule has 0 fully saturated rings. The first-order valence-electron chi connectivity index (χ1n) is 5.68. The molecular formula is C13H15NO3. The standard InChI is InChI=1S/C13H15NO3/c1-9-6-10-4-2-3-5-11(10)14(8-9)12(15)7-13(16)17/h2-5,9H,6-8H2,1H3,(H,16,17). The Hall–Kier alpha value is -1.84. The van der Waals surface area contributed by atoms with Gasteiger partial charge in [-0.3, -0.25) is 9.59 Å². The van der Waals surface area contributed by atoms with E-state index < -0.39 is 12.4 Å². The Morgan fingerprint density at radius 2 is 2.12 bits per heavy atom. The first-order chi connectivity index (χ1) is 8.08. The Kier molecular flexibility index (Phi) is 3.13. The molecule has 0 bridgehead atoms. The lowest BCUT2D eigenvalue weighted by Crippen LogP contribution is -2.40. The van der Waals surface area contributed by atoms with E-state index in [1.807, 2.05) is 24.3 Å². The van der Waals surface area contributed by atoms with Gasteiger partial charge in [0, 0.05) is 12.2 Å². The van der Waals surface area contributed by atoms with Gasteiger partial charge in [0.2, 0.25) is 5.91 Å². The fourth-order valence-electron chi connectivity index (χ4n) is 2.26. The summed E-state index contributed by atoms with van der Waals surface area (Å²) in [6, 6.07) is 7.68. The van der Waals surface area contributed by atoms with Gasteiger partial charge in [0.15, 0.2) is 0 Å². The van der Waals surface area contributed by atoms with E-state index in [-0.39, 0.29) is 5.91 Å². The third-order valence-electron chi connectivity index (χ3n) is 2.95. The normalized spacial score (nSPS) is 18.6. The van der Waals surface area contributed by atoms with Crippen molar-refractivity contribution in [1.82, 2.24) is 0 Å². The van der Waals surface area contributed by atoms with Crippen molar-refractivity contribution in [2.75, 3.05) is 11.4 Å². The van der Waals surface area contributed by atoms with Crippen molar-refractivity contribution in [2.45, 2.75) is 19.8 Å². The molecule has 1 aromatic rings. The van der Waals surface area contributed by atoms with Crippen LogP contribution in [0.2, 0.25) is 0 Å². The van der Waals surface area contributed by atoms with Crippen molar-refractivity contribution in [3.8, 4) is 0 Å². The van der Waals surface area contributed by atoms with Gasteiger partial charge in [-0.15, -0.1) is 0 Å². The van der Waals surface area contributed by atoms with Crippen LogP contribution in [-0.4, -0.2) is 23.5 Å². The van der Waals surface area contributed by atoms with Crippen molar-refractivity contribution >= 4 is 17.6 Å². The lowest BCUT2D eigenvalue weighted by atomic mass is 9.94.